The van der Waals surface area contributed by atoms with Gasteiger partial charge in [0.2, 0.25) is 0 Å². The predicted molar refractivity (Wildman–Crippen MR) is 160 cm³/mol. The molecule has 3 N–H and O–H groups in total. The highest BCUT2D eigenvalue weighted by Crippen LogP contribution is 2.39. The molecular weight excluding hydrogens is 587 g/mol. The zero-order valence-electron chi connectivity index (χ0n) is 22.4. The Morgan fingerprint density at radius 1 is 0.976 bits per heavy atom. The van der Waals surface area contributed by atoms with E-state index in [-0.39, 0.29) is 31.5 Å². The minimum atomic E-state index is -2.03. The van der Waals surface area contributed by atoms with Gasteiger partial charge in [-0.1, -0.05) is 108 Å². The Hall–Kier alpha value is -2.20. The van der Waals surface area contributed by atoms with Crippen LogP contribution in [0, 0.1) is 0 Å². The molecule has 10 heteroatoms. The number of ether oxygens (including phenoxy) is 2. The van der Waals surface area contributed by atoms with Crippen LogP contribution in [0.3, 0.4) is 0 Å². The van der Waals surface area contributed by atoms with Crippen molar-refractivity contribution in [2.45, 2.75) is 54.4 Å². The Kier molecular flexibility index (Phi) is 9.89. The standard InChI is InChI=1S/C31H33Cl3N2O5/c32-31(33,34)30(39)35-16-24-3-1-2-4-27(24)21-9-11-23(12-10-21)29-40-26(18-36-14-13-25(38)17-36)15-28(41-29)22-7-5-20(19-37)6-8-22/h1-12,25-26,28-29,37-38H,13-19H2,(H,35,39). The summed E-state index contributed by atoms with van der Waals surface area (Å²) in [6, 6.07) is 23.5. The number of aliphatic hydroxyl groups is 2. The molecule has 1 amide bonds. The molecule has 0 spiro atoms. The second kappa shape index (κ2) is 13.4. The normalized spacial score (nSPS) is 23.4. The zero-order chi connectivity index (χ0) is 29.0. The van der Waals surface area contributed by atoms with E-state index < -0.39 is 16.0 Å². The number of likely N-dealkylation sites (tertiary alicyclic amines) is 1. The van der Waals surface area contributed by atoms with E-state index in [0.717, 1.165) is 46.3 Å². The average Bonchev–Trinajstić information content (AvgIpc) is 3.39. The van der Waals surface area contributed by atoms with Crippen LogP contribution in [-0.2, 0) is 27.4 Å². The van der Waals surface area contributed by atoms with Crippen molar-refractivity contribution in [1.29, 1.82) is 0 Å². The molecule has 0 saturated carbocycles. The van der Waals surface area contributed by atoms with Crippen molar-refractivity contribution in [3.05, 3.63) is 95.1 Å². The van der Waals surface area contributed by atoms with E-state index in [9.17, 15) is 15.0 Å². The van der Waals surface area contributed by atoms with E-state index >= 15 is 0 Å². The lowest BCUT2D eigenvalue weighted by molar-refractivity contribution is -0.252. The summed E-state index contributed by atoms with van der Waals surface area (Å²) in [6.45, 7) is 2.42. The number of alkyl halides is 3. The number of aliphatic hydroxyl groups excluding tert-OH is 2. The van der Waals surface area contributed by atoms with Gasteiger partial charge < -0.3 is 25.0 Å². The van der Waals surface area contributed by atoms with Gasteiger partial charge in [0.1, 0.15) is 0 Å². The SMILES string of the molecule is O=C(NCc1ccccc1-c1ccc(C2OC(CN3CCC(O)C3)CC(c3ccc(CO)cc3)O2)cc1)C(Cl)(Cl)Cl. The van der Waals surface area contributed by atoms with Crippen molar-refractivity contribution in [3.8, 4) is 11.1 Å². The highest BCUT2D eigenvalue weighted by Gasteiger charge is 2.34. The van der Waals surface area contributed by atoms with Crippen LogP contribution in [0.1, 0.15) is 47.5 Å². The fourth-order valence-corrected chi connectivity index (χ4v) is 5.55. The molecule has 2 heterocycles. The lowest BCUT2D eigenvalue weighted by atomic mass is 9.97. The molecule has 3 aromatic carbocycles. The molecule has 4 atom stereocenters. The summed E-state index contributed by atoms with van der Waals surface area (Å²) in [5, 5.41) is 22.1. The third kappa shape index (κ3) is 7.80. The number of nitrogens with zero attached hydrogens (tertiary/aromatic N) is 1. The minimum Gasteiger partial charge on any atom is -0.392 e. The molecule has 41 heavy (non-hydrogen) atoms. The van der Waals surface area contributed by atoms with Gasteiger partial charge in [-0.25, -0.2) is 0 Å². The van der Waals surface area contributed by atoms with Gasteiger partial charge in [-0.2, -0.15) is 0 Å². The third-order valence-corrected chi connectivity index (χ3v) is 8.05. The van der Waals surface area contributed by atoms with Crippen LogP contribution in [0.4, 0.5) is 0 Å². The first-order chi connectivity index (χ1) is 19.7. The van der Waals surface area contributed by atoms with Crippen molar-refractivity contribution in [2.75, 3.05) is 19.6 Å². The monoisotopic (exact) mass is 618 g/mol. The fourth-order valence-electron chi connectivity index (χ4n) is 5.35. The van der Waals surface area contributed by atoms with Gasteiger partial charge in [0.05, 0.1) is 24.9 Å². The Labute approximate surface area is 254 Å². The highest BCUT2D eigenvalue weighted by atomic mass is 35.6. The lowest BCUT2D eigenvalue weighted by Gasteiger charge is -2.38. The van der Waals surface area contributed by atoms with Crippen LogP contribution in [0.5, 0.6) is 0 Å². The Morgan fingerprint density at radius 2 is 1.68 bits per heavy atom. The minimum absolute atomic E-state index is 0.00773. The van der Waals surface area contributed by atoms with E-state index in [1.807, 2.05) is 72.8 Å². The van der Waals surface area contributed by atoms with Crippen molar-refractivity contribution in [2.24, 2.45) is 0 Å². The molecule has 0 radical (unpaired) electrons. The van der Waals surface area contributed by atoms with Gasteiger partial charge in [0, 0.05) is 38.2 Å². The van der Waals surface area contributed by atoms with Crippen LogP contribution in [0.2, 0.25) is 0 Å². The maximum atomic E-state index is 12.1. The molecule has 4 unspecified atom stereocenters. The van der Waals surface area contributed by atoms with Crippen LogP contribution < -0.4 is 5.32 Å². The number of halogens is 3. The summed E-state index contributed by atoms with van der Waals surface area (Å²) >= 11 is 17.1. The van der Waals surface area contributed by atoms with E-state index in [0.29, 0.717) is 19.5 Å². The lowest BCUT2D eigenvalue weighted by Crippen LogP contribution is -2.38. The Morgan fingerprint density at radius 3 is 2.34 bits per heavy atom. The number of nitrogens with one attached hydrogen (secondary N) is 1. The maximum Gasteiger partial charge on any atom is 0.272 e. The molecule has 7 nitrogen and oxygen atoms in total. The van der Waals surface area contributed by atoms with Crippen LogP contribution in [0.25, 0.3) is 11.1 Å². The molecule has 2 saturated heterocycles. The Bertz CT molecular complexity index is 1320. The van der Waals surface area contributed by atoms with Gasteiger partial charge in [0.15, 0.2) is 6.29 Å². The molecule has 0 aliphatic carbocycles. The summed E-state index contributed by atoms with van der Waals surface area (Å²) in [7, 11) is 0. The van der Waals surface area contributed by atoms with Crippen LogP contribution in [-0.4, -0.2) is 56.7 Å². The number of carbonyl (C=O) groups is 1. The second-order valence-electron chi connectivity index (χ2n) is 10.5. The first-order valence-electron chi connectivity index (χ1n) is 13.6. The molecule has 2 fully saturated rings. The molecule has 0 bridgehead atoms. The van der Waals surface area contributed by atoms with Gasteiger partial charge in [0.25, 0.3) is 9.70 Å². The number of β-amino-alcohol motifs (C(OH)–C–C–N with tert-alkyl or cyclic N) is 1. The first-order valence-corrected chi connectivity index (χ1v) is 14.8. The van der Waals surface area contributed by atoms with Crippen LogP contribution in [0.15, 0.2) is 72.8 Å². The highest BCUT2D eigenvalue weighted by molar-refractivity contribution is 6.76. The molecule has 3 aromatic rings. The quantitative estimate of drug-likeness (QED) is 0.291. The van der Waals surface area contributed by atoms with Gasteiger partial charge in [-0.05, 0) is 34.2 Å². The summed E-state index contributed by atoms with van der Waals surface area (Å²) in [6.07, 6.45) is 0.336. The summed E-state index contributed by atoms with van der Waals surface area (Å²) in [4.78, 5) is 14.3. The van der Waals surface area contributed by atoms with Crippen molar-refractivity contribution in [3.63, 3.8) is 0 Å². The van der Waals surface area contributed by atoms with Gasteiger partial charge in [-0.15, -0.1) is 0 Å². The number of amides is 1. The number of carbonyl (C=O) groups excluding carboxylic acids is 1. The van der Waals surface area contributed by atoms with Crippen LogP contribution >= 0.6 is 34.8 Å². The first kappa shape index (κ1) is 30.3. The smallest absolute Gasteiger partial charge is 0.272 e. The van der Waals surface area contributed by atoms with E-state index in [1.54, 1.807) is 0 Å². The fraction of sp³-hybridized carbons (Fsp3) is 0.387. The third-order valence-electron chi connectivity index (χ3n) is 7.53. The molecule has 2 aliphatic rings. The topological polar surface area (TPSA) is 91.3 Å². The molecule has 0 aromatic heterocycles. The van der Waals surface area contributed by atoms with E-state index in [1.165, 1.54) is 0 Å². The predicted octanol–water partition coefficient (Wildman–Crippen LogP) is 5.44. The van der Waals surface area contributed by atoms with Crippen molar-refractivity contribution in [1.82, 2.24) is 10.2 Å². The number of benzene rings is 3. The van der Waals surface area contributed by atoms with Crippen molar-refractivity contribution >= 4 is 40.7 Å². The van der Waals surface area contributed by atoms with Gasteiger partial charge in [-0.3, -0.25) is 9.69 Å². The molecular formula is C31H33Cl3N2O5. The summed E-state index contributed by atoms with van der Waals surface area (Å²) in [5.74, 6) is -0.683. The largest absolute Gasteiger partial charge is 0.392 e. The summed E-state index contributed by atoms with van der Waals surface area (Å²) < 4.78 is 10.9. The number of hydrogen-bond donors (Lipinski definition) is 3. The molecule has 2 aliphatic heterocycles. The van der Waals surface area contributed by atoms with E-state index in [2.05, 4.69) is 10.2 Å². The zero-order valence-corrected chi connectivity index (χ0v) is 24.7. The summed E-state index contributed by atoms with van der Waals surface area (Å²) in [5.41, 5.74) is 5.56. The van der Waals surface area contributed by atoms with E-state index in [4.69, 9.17) is 44.3 Å². The number of rotatable bonds is 8. The maximum absolute atomic E-state index is 12.1. The molecule has 5 rings (SSSR count). The molecule has 218 valence electrons. The second-order valence-corrected chi connectivity index (χ2v) is 12.8. The average molecular weight is 620 g/mol. The number of hydrogen-bond acceptors (Lipinski definition) is 6. The Balaban J connectivity index is 1.34. The van der Waals surface area contributed by atoms with Gasteiger partial charge >= 0.3 is 0 Å². The van der Waals surface area contributed by atoms with Crippen molar-refractivity contribution < 1.29 is 24.5 Å².